The summed E-state index contributed by atoms with van der Waals surface area (Å²) >= 11 is 0. The van der Waals surface area contributed by atoms with Gasteiger partial charge in [-0.2, -0.15) is 0 Å². The molecule has 2 unspecified atom stereocenters. The molecule has 0 aliphatic carbocycles. The predicted molar refractivity (Wildman–Crippen MR) is 53.2 cm³/mol. The van der Waals surface area contributed by atoms with Gasteiger partial charge in [-0.3, -0.25) is 15.1 Å². The van der Waals surface area contributed by atoms with Crippen molar-refractivity contribution in [1.82, 2.24) is 10.3 Å². The van der Waals surface area contributed by atoms with E-state index in [1.165, 1.54) is 0 Å². The third-order valence-electron chi connectivity index (χ3n) is 3.04. The molecule has 1 rings (SSSR count). The SMILES string of the molecule is CC(C(=O)NN)N1CCC(C)(CO)C1. The summed E-state index contributed by atoms with van der Waals surface area (Å²) in [5, 5.41) is 9.17. The molecule has 0 saturated carbocycles. The first-order valence-corrected chi connectivity index (χ1v) is 4.88. The van der Waals surface area contributed by atoms with Crippen LogP contribution in [0.5, 0.6) is 0 Å². The van der Waals surface area contributed by atoms with Crippen molar-refractivity contribution >= 4 is 5.91 Å². The molecule has 4 N–H and O–H groups in total. The number of nitrogens with two attached hydrogens (primary N) is 1. The van der Waals surface area contributed by atoms with Crippen molar-refractivity contribution in [2.75, 3.05) is 19.7 Å². The molecule has 1 aliphatic rings. The Kier molecular flexibility index (Phi) is 3.47. The van der Waals surface area contributed by atoms with Gasteiger partial charge in [0.25, 0.3) is 5.91 Å². The maximum Gasteiger partial charge on any atom is 0.250 e. The minimum Gasteiger partial charge on any atom is -0.396 e. The molecule has 0 bridgehead atoms. The van der Waals surface area contributed by atoms with E-state index < -0.39 is 0 Å². The van der Waals surface area contributed by atoms with Crippen LogP contribution in [0.1, 0.15) is 20.3 Å². The fourth-order valence-electron chi connectivity index (χ4n) is 1.81. The van der Waals surface area contributed by atoms with Crippen molar-refractivity contribution in [3.05, 3.63) is 0 Å². The minimum absolute atomic E-state index is 0.0663. The molecule has 2 atom stereocenters. The van der Waals surface area contributed by atoms with Crippen LogP contribution in [-0.2, 0) is 4.79 Å². The van der Waals surface area contributed by atoms with Crippen molar-refractivity contribution in [3.63, 3.8) is 0 Å². The summed E-state index contributed by atoms with van der Waals surface area (Å²) in [5.41, 5.74) is 2.08. The molecule has 1 heterocycles. The maximum atomic E-state index is 11.3. The molecular formula is C9H19N3O2. The lowest BCUT2D eigenvalue weighted by molar-refractivity contribution is -0.125. The van der Waals surface area contributed by atoms with Gasteiger partial charge in [-0.25, -0.2) is 5.84 Å². The van der Waals surface area contributed by atoms with Crippen LogP contribution in [0.4, 0.5) is 0 Å². The van der Waals surface area contributed by atoms with Crippen LogP contribution in [0, 0.1) is 5.41 Å². The van der Waals surface area contributed by atoms with Crippen molar-refractivity contribution < 1.29 is 9.90 Å². The van der Waals surface area contributed by atoms with Crippen molar-refractivity contribution in [3.8, 4) is 0 Å². The van der Waals surface area contributed by atoms with Gasteiger partial charge in [0.2, 0.25) is 0 Å². The predicted octanol–water partition coefficient (Wildman–Crippen LogP) is -0.931. The van der Waals surface area contributed by atoms with Gasteiger partial charge in [-0.15, -0.1) is 0 Å². The Hall–Kier alpha value is -0.650. The number of carbonyl (C=O) groups is 1. The third kappa shape index (κ3) is 2.23. The summed E-state index contributed by atoms with van der Waals surface area (Å²) in [7, 11) is 0. The lowest BCUT2D eigenvalue weighted by Gasteiger charge is -2.25. The van der Waals surface area contributed by atoms with Gasteiger partial charge in [-0.1, -0.05) is 6.92 Å². The van der Waals surface area contributed by atoms with E-state index in [0.29, 0.717) is 0 Å². The third-order valence-corrected chi connectivity index (χ3v) is 3.04. The zero-order valence-electron chi connectivity index (χ0n) is 8.79. The van der Waals surface area contributed by atoms with E-state index in [0.717, 1.165) is 19.5 Å². The van der Waals surface area contributed by atoms with Gasteiger partial charge >= 0.3 is 0 Å². The molecule has 1 aliphatic heterocycles. The van der Waals surface area contributed by atoms with E-state index in [1.807, 2.05) is 18.7 Å². The minimum atomic E-state index is -0.214. The molecule has 5 nitrogen and oxygen atoms in total. The number of nitrogens with one attached hydrogen (secondary N) is 1. The highest BCUT2D eigenvalue weighted by Gasteiger charge is 2.36. The van der Waals surface area contributed by atoms with Crippen LogP contribution in [0.25, 0.3) is 0 Å². The number of rotatable bonds is 3. The average Bonchev–Trinajstić information content (AvgIpc) is 2.59. The highest BCUT2D eigenvalue weighted by Crippen LogP contribution is 2.30. The van der Waals surface area contributed by atoms with Gasteiger partial charge in [0.1, 0.15) is 0 Å². The van der Waals surface area contributed by atoms with Gasteiger partial charge in [0, 0.05) is 18.6 Å². The number of nitrogens with zero attached hydrogens (tertiary/aromatic N) is 1. The summed E-state index contributed by atoms with van der Waals surface area (Å²) in [6, 6.07) is -0.214. The fraction of sp³-hybridized carbons (Fsp3) is 0.889. The van der Waals surface area contributed by atoms with Crippen molar-refractivity contribution in [1.29, 1.82) is 0 Å². The van der Waals surface area contributed by atoms with Gasteiger partial charge < -0.3 is 5.11 Å². The zero-order chi connectivity index (χ0) is 10.8. The zero-order valence-corrected chi connectivity index (χ0v) is 8.79. The summed E-state index contributed by atoms with van der Waals surface area (Å²) in [6.07, 6.45) is 0.922. The summed E-state index contributed by atoms with van der Waals surface area (Å²) in [5.74, 6) is 4.89. The lowest BCUT2D eigenvalue weighted by Crippen LogP contribution is -2.47. The normalized spacial score (nSPS) is 30.3. The van der Waals surface area contributed by atoms with Crippen LogP contribution in [0.3, 0.4) is 0 Å². The summed E-state index contributed by atoms with van der Waals surface area (Å²) in [4.78, 5) is 13.3. The van der Waals surface area contributed by atoms with Crippen LogP contribution in [-0.4, -0.2) is 41.7 Å². The molecule has 0 radical (unpaired) electrons. The first-order chi connectivity index (χ1) is 6.52. The number of hydrazine groups is 1. The number of carbonyl (C=O) groups excluding carboxylic acids is 1. The maximum absolute atomic E-state index is 11.3. The largest absolute Gasteiger partial charge is 0.396 e. The number of amides is 1. The Morgan fingerprint density at radius 1 is 1.79 bits per heavy atom. The Labute approximate surface area is 84.2 Å². The topological polar surface area (TPSA) is 78.6 Å². The molecule has 0 spiro atoms. The quantitative estimate of drug-likeness (QED) is 0.313. The van der Waals surface area contributed by atoms with Gasteiger partial charge in [-0.05, 0) is 19.9 Å². The highest BCUT2D eigenvalue weighted by atomic mass is 16.3. The van der Waals surface area contributed by atoms with E-state index in [4.69, 9.17) is 10.9 Å². The second kappa shape index (κ2) is 4.25. The van der Waals surface area contributed by atoms with E-state index in [2.05, 4.69) is 5.43 Å². The number of hydrogen-bond donors (Lipinski definition) is 3. The van der Waals surface area contributed by atoms with E-state index in [-0.39, 0.29) is 24.0 Å². The number of aliphatic hydroxyl groups is 1. The van der Waals surface area contributed by atoms with Crippen LogP contribution >= 0.6 is 0 Å². The molecule has 5 heteroatoms. The smallest absolute Gasteiger partial charge is 0.250 e. The monoisotopic (exact) mass is 201 g/mol. The second-order valence-corrected chi connectivity index (χ2v) is 4.37. The molecular weight excluding hydrogens is 182 g/mol. The van der Waals surface area contributed by atoms with E-state index in [9.17, 15) is 4.79 Å². The number of aliphatic hydroxyl groups excluding tert-OH is 1. The van der Waals surface area contributed by atoms with Crippen molar-refractivity contribution in [2.45, 2.75) is 26.3 Å². The van der Waals surface area contributed by atoms with Crippen LogP contribution in [0.15, 0.2) is 0 Å². The molecule has 14 heavy (non-hydrogen) atoms. The van der Waals surface area contributed by atoms with Crippen molar-refractivity contribution in [2.24, 2.45) is 11.3 Å². The standard InChI is InChI=1S/C9H19N3O2/c1-7(8(14)11-10)12-4-3-9(2,5-12)6-13/h7,13H,3-6,10H2,1-2H3,(H,11,14). The summed E-state index contributed by atoms with van der Waals surface area (Å²) < 4.78 is 0. The highest BCUT2D eigenvalue weighted by molar-refractivity contribution is 5.80. The first-order valence-electron chi connectivity index (χ1n) is 4.88. The van der Waals surface area contributed by atoms with E-state index in [1.54, 1.807) is 0 Å². The Morgan fingerprint density at radius 3 is 2.86 bits per heavy atom. The molecule has 0 aromatic heterocycles. The Morgan fingerprint density at radius 2 is 2.43 bits per heavy atom. The molecule has 82 valence electrons. The first kappa shape index (κ1) is 11.4. The lowest BCUT2D eigenvalue weighted by atomic mass is 9.91. The Bertz CT molecular complexity index is 222. The van der Waals surface area contributed by atoms with Gasteiger partial charge in [0.15, 0.2) is 0 Å². The molecule has 1 saturated heterocycles. The molecule has 0 aromatic rings. The van der Waals surface area contributed by atoms with E-state index >= 15 is 0 Å². The summed E-state index contributed by atoms with van der Waals surface area (Å²) in [6.45, 7) is 5.61. The second-order valence-electron chi connectivity index (χ2n) is 4.37. The Balaban J connectivity index is 2.53. The van der Waals surface area contributed by atoms with Crippen LogP contribution < -0.4 is 11.3 Å². The average molecular weight is 201 g/mol. The fourth-order valence-corrected chi connectivity index (χ4v) is 1.81. The molecule has 1 amide bonds. The molecule has 0 aromatic carbocycles. The number of likely N-dealkylation sites (tertiary alicyclic amines) is 1. The molecule has 1 fully saturated rings. The van der Waals surface area contributed by atoms with Gasteiger partial charge in [0.05, 0.1) is 6.04 Å². The van der Waals surface area contributed by atoms with Crippen LogP contribution in [0.2, 0.25) is 0 Å². The number of hydrogen-bond acceptors (Lipinski definition) is 4.